The minimum Gasteiger partial charge on any atom is -0.600 e. The first-order valence-electron chi connectivity index (χ1n) is 13.7. The number of hydrogen-bond donors (Lipinski definition) is 1. The molecule has 206 valence electrons. The lowest BCUT2D eigenvalue weighted by molar-refractivity contribution is -0.850. The van der Waals surface area contributed by atoms with Crippen LogP contribution in [-0.2, 0) is 30.1 Å². The van der Waals surface area contributed by atoms with Gasteiger partial charge >= 0.3 is 18.6 Å². The van der Waals surface area contributed by atoms with E-state index >= 15 is 0 Å². The van der Waals surface area contributed by atoms with E-state index in [1.807, 2.05) is 51.2 Å². The van der Waals surface area contributed by atoms with Crippen molar-refractivity contribution in [2.75, 3.05) is 7.05 Å². The monoisotopic (exact) mass is 534 g/mol. The van der Waals surface area contributed by atoms with Gasteiger partial charge in [-0.2, -0.15) is 0 Å². The largest absolute Gasteiger partial charge is 0.600 e. The lowest BCUT2D eigenvalue weighted by Gasteiger charge is -2.52. The number of carbonyl (C=O) groups is 4. The van der Waals surface area contributed by atoms with Crippen LogP contribution in [0.4, 0.5) is 0 Å². The number of hydrogen-bond acceptors (Lipinski definition) is 8. The first kappa shape index (κ1) is 27.0. The van der Waals surface area contributed by atoms with Crippen LogP contribution < -0.4 is 5.32 Å². The van der Waals surface area contributed by atoms with Crippen molar-refractivity contribution < 1.29 is 32.9 Å². The lowest BCUT2D eigenvalue weighted by Crippen LogP contribution is -2.70. The van der Waals surface area contributed by atoms with E-state index in [1.54, 1.807) is 0 Å². The van der Waals surface area contributed by atoms with Crippen LogP contribution in [0, 0.1) is 5.92 Å². The van der Waals surface area contributed by atoms with Gasteiger partial charge in [-0.3, -0.25) is 14.6 Å². The Bertz CT molecular complexity index is 1230. The van der Waals surface area contributed by atoms with Gasteiger partial charge < -0.3 is 19.0 Å². The summed E-state index contributed by atoms with van der Waals surface area (Å²) in [5, 5.41) is 2.85. The van der Waals surface area contributed by atoms with E-state index in [0.717, 1.165) is 12.0 Å². The first-order valence-corrected chi connectivity index (χ1v) is 13.7. The number of benzene rings is 1. The second-order valence-electron chi connectivity index (χ2n) is 11.7. The molecule has 1 aromatic carbocycles. The summed E-state index contributed by atoms with van der Waals surface area (Å²) in [6, 6.07) is 7.62. The Morgan fingerprint density at radius 1 is 1.08 bits per heavy atom. The highest BCUT2D eigenvalue weighted by Gasteiger charge is 2.76. The van der Waals surface area contributed by atoms with E-state index in [-0.39, 0.29) is 46.6 Å². The van der Waals surface area contributed by atoms with Gasteiger partial charge in [0.15, 0.2) is 5.78 Å². The van der Waals surface area contributed by atoms with Crippen molar-refractivity contribution in [2.24, 2.45) is 5.92 Å². The molecule has 39 heavy (non-hydrogen) atoms. The molecule has 3 aliphatic heterocycles. The molecule has 2 aromatic rings. The molecule has 6 atom stereocenters. The Balaban J connectivity index is 1.46. The maximum Gasteiger partial charge on any atom is 0.587 e. The zero-order valence-electron chi connectivity index (χ0n) is 22.6. The zero-order chi connectivity index (χ0) is 27.8. The second-order valence-corrected chi connectivity index (χ2v) is 11.7. The fourth-order valence-corrected chi connectivity index (χ4v) is 7.01. The molecule has 0 bridgehead atoms. The van der Waals surface area contributed by atoms with Crippen molar-refractivity contribution >= 4 is 30.3 Å². The van der Waals surface area contributed by atoms with Crippen LogP contribution in [0.25, 0.3) is 0 Å². The molecule has 5 rings (SSSR count). The van der Waals surface area contributed by atoms with Gasteiger partial charge in [0.1, 0.15) is 17.8 Å². The summed E-state index contributed by atoms with van der Waals surface area (Å²) in [5.74, 6) is -1.81. The van der Waals surface area contributed by atoms with Crippen LogP contribution in [-0.4, -0.2) is 69.9 Å². The second kappa shape index (κ2) is 10.5. The normalized spacial score (nSPS) is 28.8. The minimum absolute atomic E-state index is 0.00965. The van der Waals surface area contributed by atoms with E-state index in [4.69, 9.17) is 9.31 Å². The van der Waals surface area contributed by atoms with Crippen LogP contribution in [0.15, 0.2) is 48.9 Å². The number of nitrogens with zero attached hydrogens (tertiary/aromatic N) is 3. The van der Waals surface area contributed by atoms with Gasteiger partial charge in [0, 0.05) is 32.3 Å². The summed E-state index contributed by atoms with van der Waals surface area (Å²) in [4.78, 5) is 61.3. The molecular formula is C28H35BN4O6. The third kappa shape index (κ3) is 4.73. The van der Waals surface area contributed by atoms with Crippen LogP contribution in [0.1, 0.15) is 62.0 Å². The van der Waals surface area contributed by atoms with Crippen LogP contribution in [0.3, 0.4) is 0 Å². The molecule has 4 heterocycles. The quantitative estimate of drug-likeness (QED) is 0.462. The fraction of sp³-hybridized carbons (Fsp3) is 0.500. The van der Waals surface area contributed by atoms with E-state index in [9.17, 15) is 19.2 Å². The summed E-state index contributed by atoms with van der Waals surface area (Å²) in [7, 11) is 1.89. The molecule has 3 fully saturated rings. The zero-order valence-corrected chi connectivity index (χ0v) is 22.6. The highest BCUT2D eigenvalue weighted by atomic mass is 16.7. The van der Waals surface area contributed by atoms with E-state index in [0.29, 0.717) is 19.3 Å². The summed E-state index contributed by atoms with van der Waals surface area (Å²) in [6.07, 6.45) is 7.02. The van der Waals surface area contributed by atoms with Crippen molar-refractivity contribution in [2.45, 2.75) is 76.3 Å². The number of Topliss-reactive ketones (excluding diaryl/α,β-unsaturated/α-hetero) is 1. The highest BCUT2D eigenvalue weighted by molar-refractivity contribution is 6.68. The van der Waals surface area contributed by atoms with Crippen molar-refractivity contribution in [3.8, 4) is 0 Å². The van der Waals surface area contributed by atoms with Gasteiger partial charge in [0.25, 0.3) is 5.91 Å². The predicted molar refractivity (Wildman–Crippen MR) is 142 cm³/mol. The molecular weight excluding hydrogens is 499 g/mol. The van der Waals surface area contributed by atoms with Crippen molar-refractivity contribution in [1.82, 2.24) is 15.3 Å². The Hall–Kier alpha value is -3.60. The van der Waals surface area contributed by atoms with Crippen LogP contribution in [0.5, 0.6) is 0 Å². The number of ketones is 1. The number of amides is 1. The molecule has 10 nitrogen and oxygen atoms in total. The Morgan fingerprint density at radius 3 is 2.33 bits per heavy atom. The molecule has 0 spiro atoms. The Morgan fingerprint density at radius 2 is 1.74 bits per heavy atom. The molecule has 1 amide bonds. The first-order chi connectivity index (χ1) is 18.7. The van der Waals surface area contributed by atoms with E-state index < -0.39 is 36.5 Å². The highest BCUT2D eigenvalue weighted by Crippen LogP contribution is 2.54. The topological polar surface area (TPSA) is 125 Å². The van der Waals surface area contributed by atoms with Crippen LogP contribution >= 0.6 is 0 Å². The average Bonchev–Trinajstić information content (AvgIpc) is 3.28. The molecule has 11 heteroatoms. The maximum absolute atomic E-state index is 14.0. The number of carbonyl (C=O) groups excluding carboxylic acids is 4. The predicted octanol–water partition coefficient (Wildman–Crippen LogP) is 2.61. The van der Waals surface area contributed by atoms with Crippen molar-refractivity contribution in [1.29, 1.82) is 0 Å². The Labute approximate surface area is 228 Å². The van der Waals surface area contributed by atoms with Gasteiger partial charge in [-0.1, -0.05) is 50.6 Å². The summed E-state index contributed by atoms with van der Waals surface area (Å²) in [5.41, 5.74) is 0.991. The average molecular weight is 534 g/mol. The van der Waals surface area contributed by atoms with E-state index in [2.05, 4.69) is 15.3 Å². The lowest BCUT2D eigenvalue weighted by atomic mass is 9.50. The SMILES string of the molecule is CC(C)C[C@H](CC(=O)[C@H](Cc1ccccc1)NC(=O)c1cnccn1)[B-]12OC(=O)[C@H]3CCC[C@@H](C(=O)O1)[N+]32C. The molecule has 0 saturated carbocycles. The standard InChI is InChI=1S/C28H35BN4O6/c1-18(2)14-20(29-33(3)23(27(36)38-29)10-7-11-24(33)28(37)39-29)16-25(34)21(15-19-8-5-4-6-9-19)32-26(35)22-17-30-12-13-31-22/h4-6,8-9,12-13,17-18,20-21,23-24H,7,10-11,14-16H2,1-3H3,(H,32,35)/t20-,21+,23-,24+,29?,33?/m1/s1. The number of nitrogens with one attached hydrogen (secondary N) is 1. The number of aromatic nitrogens is 2. The molecule has 1 N–H and O–H groups in total. The smallest absolute Gasteiger partial charge is 0.587 e. The van der Waals surface area contributed by atoms with Gasteiger partial charge in [0.05, 0.1) is 12.2 Å². The Kier molecular flexibility index (Phi) is 7.28. The third-order valence-electron chi connectivity index (χ3n) is 8.79. The molecule has 1 aromatic heterocycles. The van der Waals surface area contributed by atoms with E-state index in [1.165, 1.54) is 18.6 Å². The minimum atomic E-state index is -2.46. The number of piperidine rings is 1. The molecule has 3 aliphatic rings. The summed E-state index contributed by atoms with van der Waals surface area (Å²) >= 11 is 0. The number of quaternary nitrogens is 1. The maximum atomic E-state index is 14.0. The molecule has 0 radical (unpaired) electrons. The van der Waals surface area contributed by atoms with Gasteiger partial charge in [-0.05, 0) is 36.6 Å². The molecule has 2 unspecified atom stereocenters. The van der Waals surface area contributed by atoms with Gasteiger partial charge in [-0.25, -0.2) is 14.6 Å². The van der Waals surface area contributed by atoms with Gasteiger partial charge in [-0.15, -0.1) is 0 Å². The third-order valence-corrected chi connectivity index (χ3v) is 8.79. The number of rotatable bonds is 10. The molecule has 3 saturated heterocycles. The van der Waals surface area contributed by atoms with Crippen LogP contribution in [0.2, 0.25) is 5.82 Å². The molecule has 0 aliphatic carbocycles. The number of likely N-dealkylation sites (N-methyl/N-ethyl adjacent to an activating group) is 1. The van der Waals surface area contributed by atoms with Gasteiger partial charge in [0.2, 0.25) is 0 Å². The fourth-order valence-electron chi connectivity index (χ4n) is 7.01. The summed E-state index contributed by atoms with van der Waals surface area (Å²) < 4.78 is 12.2. The van der Waals surface area contributed by atoms with Crippen molar-refractivity contribution in [3.05, 3.63) is 60.2 Å². The summed E-state index contributed by atoms with van der Waals surface area (Å²) in [6.45, 7) is 1.60. The van der Waals surface area contributed by atoms with Crippen molar-refractivity contribution in [3.63, 3.8) is 0 Å².